The molecule has 1 fully saturated rings. The van der Waals surface area contributed by atoms with E-state index in [0.717, 1.165) is 36.7 Å². The lowest BCUT2D eigenvalue weighted by atomic mass is 10.2. The molecule has 1 heterocycles. The van der Waals surface area contributed by atoms with Crippen LogP contribution in [0.15, 0.2) is 53.4 Å². The number of nitrogens with one attached hydrogen (secondary N) is 3. The molecule has 8 heteroatoms. The summed E-state index contributed by atoms with van der Waals surface area (Å²) in [5.74, 6) is 0.294. The number of benzene rings is 2. The number of imidazole rings is 1. The summed E-state index contributed by atoms with van der Waals surface area (Å²) in [5.41, 5.74) is 2.02. The first-order valence-corrected chi connectivity index (χ1v) is 11.3. The van der Waals surface area contributed by atoms with Gasteiger partial charge in [-0.05, 0) is 50.1 Å². The third-order valence-electron chi connectivity index (χ3n) is 5.25. The number of hydrogen-bond acceptors (Lipinski definition) is 4. The molecule has 0 saturated heterocycles. The maximum Gasteiger partial charge on any atom is 0.251 e. The lowest BCUT2D eigenvalue weighted by molar-refractivity contribution is 0.0938. The minimum atomic E-state index is -3.65. The molecule has 2 aromatic carbocycles. The Hall–Kier alpha value is -2.71. The number of carbonyl (C=O) groups is 1. The monoisotopic (exact) mass is 412 g/mol. The van der Waals surface area contributed by atoms with E-state index in [2.05, 4.69) is 20.0 Å². The van der Waals surface area contributed by atoms with Gasteiger partial charge >= 0.3 is 0 Å². The maximum atomic E-state index is 12.7. The van der Waals surface area contributed by atoms with Crippen LogP contribution in [0.25, 0.3) is 11.0 Å². The number of sulfonamides is 1. The van der Waals surface area contributed by atoms with Gasteiger partial charge in [0.25, 0.3) is 5.91 Å². The minimum Gasteiger partial charge on any atom is -0.342 e. The van der Waals surface area contributed by atoms with Crippen molar-refractivity contribution in [3.8, 4) is 0 Å². The number of carbonyl (C=O) groups excluding carboxylic acids is 1. The van der Waals surface area contributed by atoms with Crippen LogP contribution in [0, 0.1) is 0 Å². The summed E-state index contributed by atoms with van der Waals surface area (Å²) in [4.78, 5) is 20.5. The molecule has 3 aromatic rings. The minimum absolute atomic E-state index is 0.0226. The topological polar surface area (TPSA) is 104 Å². The first-order chi connectivity index (χ1) is 13.9. The van der Waals surface area contributed by atoms with Crippen LogP contribution in [0.5, 0.6) is 0 Å². The highest BCUT2D eigenvalue weighted by molar-refractivity contribution is 7.89. The Bertz CT molecular complexity index is 1100. The molecular formula is C21H24N4O3S. The standard InChI is InChI=1S/C21H24N4O3S/c1-14(20-23-18-11-4-5-12-19(18)24-20)22-21(26)15-7-6-10-17(13-15)29(27,28)25-16-8-2-3-9-16/h4-7,10-14,16,25H,2-3,8-9H2,1H3,(H,22,26)(H,23,24). The molecule has 1 atom stereocenters. The molecule has 1 amide bonds. The largest absolute Gasteiger partial charge is 0.342 e. The zero-order valence-corrected chi connectivity index (χ0v) is 17.0. The highest BCUT2D eigenvalue weighted by atomic mass is 32.2. The SMILES string of the molecule is CC(NC(=O)c1cccc(S(=O)(=O)NC2CCCC2)c1)c1nc2ccccc2[nH]1. The predicted octanol–water partition coefficient (Wildman–Crippen LogP) is 3.27. The molecule has 4 rings (SSSR count). The van der Waals surface area contributed by atoms with Crippen molar-refractivity contribution >= 4 is 27.0 Å². The number of hydrogen-bond donors (Lipinski definition) is 3. The first-order valence-electron chi connectivity index (χ1n) is 9.80. The highest BCUT2D eigenvalue weighted by Gasteiger charge is 2.24. The molecule has 1 aliphatic carbocycles. The van der Waals surface area contributed by atoms with E-state index < -0.39 is 10.0 Å². The van der Waals surface area contributed by atoms with Gasteiger partial charge in [-0.25, -0.2) is 18.1 Å². The second-order valence-electron chi connectivity index (χ2n) is 7.46. The predicted molar refractivity (Wildman–Crippen MR) is 111 cm³/mol. The van der Waals surface area contributed by atoms with Crippen LogP contribution >= 0.6 is 0 Å². The van der Waals surface area contributed by atoms with E-state index in [0.29, 0.717) is 11.4 Å². The van der Waals surface area contributed by atoms with Crippen molar-refractivity contribution in [2.24, 2.45) is 0 Å². The fraction of sp³-hybridized carbons (Fsp3) is 0.333. The van der Waals surface area contributed by atoms with E-state index in [4.69, 9.17) is 0 Å². The molecule has 29 heavy (non-hydrogen) atoms. The van der Waals surface area contributed by atoms with Gasteiger partial charge in [0, 0.05) is 11.6 Å². The third kappa shape index (κ3) is 4.33. The van der Waals surface area contributed by atoms with E-state index in [1.165, 1.54) is 12.1 Å². The van der Waals surface area contributed by atoms with Gasteiger partial charge in [-0.3, -0.25) is 4.79 Å². The normalized spacial score (nSPS) is 16.2. The summed E-state index contributed by atoms with van der Waals surface area (Å²) >= 11 is 0. The van der Waals surface area contributed by atoms with Crippen molar-refractivity contribution in [2.75, 3.05) is 0 Å². The zero-order chi connectivity index (χ0) is 20.4. The Labute approximate surface area is 170 Å². The summed E-state index contributed by atoms with van der Waals surface area (Å²) in [5, 5.41) is 2.88. The number of para-hydroxylation sites is 2. The smallest absolute Gasteiger partial charge is 0.251 e. The molecule has 0 spiro atoms. The van der Waals surface area contributed by atoms with Crippen LogP contribution in [-0.2, 0) is 10.0 Å². The van der Waals surface area contributed by atoms with Crippen LogP contribution in [-0.4, -0.2) is 30.3 Å². The van der Waals surface area contributed by atoms with Gasteiger partial charge in [-0.2, -0.15) is 0 Å². The van der Waals surface area contributed by atoms with Gasteiger partial charge < -0.3 is 10.3 Å². The van der Waals surface area contributed by atoms with Crippen LogP contribution in [0.3, 0.4) is 0 Å². The van der Waals surface area contributed by atoms with Gasteiger partial charge in [0.05, 0.1) is 22.0 Å². The lowest BCUT2D eigenvalue weighted by Gasteiger charge is -2.14. The Kier molecular flexibility index (Phi) is 5.38. The number of nitrogens with zero attached hydrogens (tertiary/aromatic N) is 1. The molecule has 152 valence electrons. The van der Waals surface area contributed by atoms with Crippen molar-refractivity contribution in [1.29, 1.82) is 0 Å². The van der Waals surface area contributed by atoms with Crippen molar-refractivity contribution in [2.45, 2.75) is 49.6 Å². The van der Waals surface area contributed by atoms with Gasteiger partial charge in [0.15, 0.2) is 0 Å². The molecule has 1 aliphatic rings. The molecule has 1 saturated carbocycles. The van der Waals surface area contributed by atoms with E-state index in [9.17, 15) is 13.2 Å². The summed E-state index contributed by atoms with van der Waals surface area (Å²) in [7, 11) is -3.65. The Balaban J connectivity index is 1.49. The quantitative estimate of drug-likeness (QED) is 0.578. The zero-order valence-electron chi connectivity index (χ0n) is 16.2. The fourth-order valence-electron chi connectivity index (χ4n) is 3.66. The summed E-state index contributed by atoms with van der Waals surface area (Å²) in [6.07, 6.45) is 3.79. The summed E-state index contributed by atoms with van der Waals surface area (Å²) in [6.45, 7) is 1.83. The van der Waals surface area contributed by atoms with Gasteiger partial charge in [-0.1, -0.05) is 31.0 Å². The van der Waals surface area contributed by atoms with Crippen LogP contribution < -0.4 is 10.0 Å². The number of fused-ring (bicyclic) bond motifs is 1. The van der Waals surface area contributed by atoms with E-state index in [1.54, 1.807) is 12.1 Å². The molecule has 0 bridgehead atoms. The Morgan fingerprint density at radius 1 is 1.14 bits per heavy atom. The number of aromatic nitrogens is 2. The van der Waals surface area contributed by atoms with E-state index in [-0.39, 0.29) is 22.9 Å². The maximum absolute atomic E-state index is 12.7. The molecule has 0 radical (unpaired) electrons. The second-order valence-corrected chi connectivity index (χ2v) is 9.18. The summed E-state index contributed by atoms with van der Waals surface area (Å²) < 4.78 is 28.0. The average molecular weight is 413 g/mol. The highest BCUT2D eigenvalue weighted by Crippen LogP contribution is 2.21. The number of H-pyrrole nitrogens is 1. The van der Waals surface area contributed by atoms with Crippen molar-refractivity contribution in [3.63, 3.8) is 0 Å². The number of rotatable bonds is 6. The number of aromatic amines is 1. The average Bonchev–Trinajstić information content (AvgIpc) is 3.37. The van der Waals surface area contributed by atoms with Crippen molar-refractivity contribution in [3.05, 3.63) is 59.9 Å². The van der Waals surface area contributed by atoms with Gasteiger partial charge in [-0.15, -0.1) is 0 Å². The van der Waals surface area contributed by atoms with E-state index >= 15 is 0 Å². The van der Waals surface area contributed by atoms with Crippen LogP contribution in [0.4, 0.5) is 0 Å². The summed E-state index contributed by atoms with van der Waals surface area (Å²) in [6, 6.07) is 13.4. The first kappa shape index (κ1) is 19.6. The van der Waals surface area contributed by atoms with Gasteiger partial charge in [0.2, 0.25) is 10.0 Å². The molecule has 3 N–H and O–H groups in total. The van der Waals surface area contributed by atoms with E-state index in [1.807, 2.05) is 31.2 Å². The third-order valence-corrected chi connectivity index (χ3v) is 6.77. The molecule has 0 aliphatic heterocycles. The second kappa shape index (κ2) is 7.96. The Morgan fingerprint density at radius 3 is 2.66 bits per heavy atom. The number of amides is 1. The Morgan fingerprint density at radius 2 is 1.90 bits per heavy atom. The van der Waals surface area contributed by atoms with Crippen molar-refractivity contribution < 1.29 is 13.2 Å². The molecule has 7 nitrogen and oxygen atoms in total. The van der Waals surface area contributed by atoms with Crippen LogP contribution in [0.1, 0.15) is 54.8 Å². The van der Waals surface area contributed by atoms with Gasteiger partial charge in [0.1, 0.15) is 5.82 Å². The van der Waals surface area contributed by atoms with Crippen molar-refractivity contribution in [1.82, 2.24) is 20.0 Å². The lowest BCUT2D eigenvalue weighted by Crippen LogP contribution is -2.33. The van der Waals surface area contributed by atoms with Crippen LogP contribution in [0.2, 0.25) is 0 Å². The molecule has 1 aromatic heterocycles. The molecule has 1 unspecified atom stereocenters. The fourth-order valence-corrected chi connectivity index (χ4v) is 5.01. The molecular weight excluding hydrogens is 388 g/mol.